The SMILES string of the molecule is CC1(C)OB(c2cc(Cl)c(F)c(Cl)c2)OC1(C)C.Cc1cc(C)nc(-c2cc(Cl)c(F)c(Cl)c2)c1.Cc1cc(C)nc(Cl)c1. The molecule has 0 atom stereocenters. The highest BCUT2D eigenvalue weighted by Gasteiger charge is 2.51. The summed E-state index contributed by atoms with van der Waals surface area (Å²) >= 11 is 28.7. The fourth-order valence-electron chi connectivity index (χ4n) is 4.18. The second kappa shape index (κ2) is 14.6. The molecule has 0 unspecified atom stereocenters. The number of pyridine rings is 2. The minimum absolute atomic E-state index is 0.00783. The van der Waals surface area contributed by atoms with Crippen LogP contribution in [-0.2, 0) is 9.31 Å². The number of aryl methyl sites for hydroxylation is 4. The van der Waals surface area contributed by atoms with Crippen LogP contribution in [0, 0.1) is 39.3 Å². The van der Waals surface area contributed by atoms with E-state index in [9.17, 15) is 8.78 Å². The van der Waals surface area contributed by atoms with Gasteiger partial charge in [-0.1, -0.05) is 58.0 Å². The predicted octanol–water partition coefficient (Wildman–Crippen LogP) is 10.6. The van der Waals surface area contributed by atoms with E-state index in [-0.39, 0.29) is 20.1 Å². The average molecular weight is 703 g/mol. The first-order valence-corrected chi connectivity index (χ1v) is 15.4. The fraction of sp³-hybridized carbons (Fsp3) is 0.312. The quantitative estimate of drug-likeness (QED) is 0.119. The van der Waals surface area contributed by atoms with Crippen LogP contribution in [-0.4, -0.2) is 28.3 Å². The molecular formula is C32H32BCl5F2N2O2. The molecule has 1 aliphatic rings. The molecule has 4 aromatic rings. The van der Waals surface area contributed by atoms with Crippen molar-refractivity contribution in [1.82, 2.24) is 9.97 Å². The van der Waals surface area contributed by atoms with Gasteiger partial charge in [0.05, 0.1) is 37.0 Å². The van der Waals surface area contributed by atoms with Crippen molar-refractivity contribution in [2.45, 2.75) is 66.6 Å². The maximum atomic E-state index is 13.4. The number of aromatic nitrogens is 2. The number of rotatable bonds is 2. The van der Waals surface area contributed by atoms with Crippen LogP contribution in [0.3, 0.4) is 0 Å². The molecular weight excluding hydrogens is 670 g/mol. The Morgan fingerprint density at radius 2 is 1.00 bits per heavy atom. The van der Waals surface area contributed by atoms with Gasteiger partial charge in [-0.2, -0.15) is 0 Å². The highest BCUT2D eigenvalue weighted by atomic mass is 35.5. The van der Waals surface area contributed by atoms with Gasteiger partial charge in [0.2, 0.25) is 0 Å². The van der Waals surface area contributed by atoms with Crippen molar-refractivity contribution in [2.24, 2.45) is 0 Å². The topological polar surface area (TPSA) is 44.2 Å². The Hall–Kier alpha value is -1.97. The molecule has 0 saturated carbocycles. The van der Waals surface area contributed by atoms with Crippen molar-refractivity contribution in [3.8, 4) is 11.3 Å². The van der Waals surface area contributed by atoms with Gasteiger partial charge < -0.3 is 9.31 Å². The van der Waals surface area contributed by atoms with E-state index in [4.69, 9.17) is 67.3 Å². The van der Waals surface area contributed by atoms with Crippen molar-refractivity contribution in [3.63, 3.8) is 0 Å². The predicted molar refractivity (Wildman–Crippen MR) is 180 cm³/mol. The number of halogens is 7. The molecule has 4 nitrogen and oxygen atoms in total. The Bertz CT molecular complexity index is 1540. The number of hydrogen-bond acceptors (Lipinski definition) is 4. The van der Waals surface area contributed by atoms with Crippen molar-refractivity contribution in [2.75, 3.05) is 0 Å². The van der Waals surface area contributed by atoms with Gasteiger partial charge in [-0.15, -0.1) is 0 Å². The molecule has 0 N–H and O–H groups in total. The molecule has 0 radical (unpaired) electrons. The molecule has 1 aliphatic heterocycles. The Morgan fingerprint density at radius 3 is 1.41 bits per heavy atom. The van der Waals surface area contributed by atoms with Gasteiger partial charge >= 0.3 is 7.12 Å². The number of nitrogens with zero attached hydrogens (tertiary/aromatic N) is 2. The number of benzene rings is 2. The molecule has 2 aromatic heterocycles. The molecule has 1 fully saturated rings. The molecule has 0 spiro atoms. The van der Waals surface area contributed by atoms with Gasteiger partial charge in [0.25, 0.3) is 0 Å². The monoisotopic (exact) mass is 700 g/mol. The van der Waals surface area contributed by atoms with Gasteiger partial charge in [0.15, 0.2) is 11.6 Å². The van der Waals surface area contributed by atoms with Crippen molar-refractivity contribution >= 4 is 70.6 Å². The average Bonchev–Trinajstić information content (AvgIpc) is 3.11. The smallest absolute Gasteiger partial charge is 0.399 e. The van der Waals surface area contributed by atoms with Crippen LogP contribution in [0.2, 0.25) is 25.2 Å². The lowest BCUT2D eigenvalue weighted by molar-refractivity contribution is 0.00578. The van der Waals surface area contributed by atoms with Crippen LogP contribution in [0.4, 0.5) is 8.78 Å². The minimum Gasteiger partial charge on any atom is -0.399 e. The zero-order valence-electron chi connectivity index (χ0n) is 25.6. The Labute approximate surface area is 283 Å². The zero-order valence-corrected chi connectivity index (χ0v) is 29.3. The first kappa shape index (κ1) is 36.5. The molecule has 1 saturated heterocycles. The van der Waals surface area contributed by atoms with Gasteiger partial charge in [-0.05, 0) is 121 Å². The standard InChI is InChI=1S/C13H10Cl2FN.C12H14BCl2FO2.C7H8ClN/c1-7-3-8(2)17-12(4-7)9-5-10(14)13(16)11(15)6-9;1-11(2)12(3,4)18-13(17-11)7-5-8(14)10(16)9(15)6-7;1-5-3-6(2)9-7(8)4-5/h3-6H,1-2H3;5-6H,1-4H3;3-4H,1-2H3. The van der Waals surface area contributed by atoms with Gasteiger partial charge in [-0.3, -0.25) is 4.98 Å². The molecule has 0 amide bonds. The van der Waals surface area contributed by atoms with E-state index in [1.54, 1.807) is 0 Å². The molecule has 44 heavy (non-hydrogen) atoms. The molecule has 3 heterocycles. The van der Waals surface area contributed by atoms with Gasteiger partial charge in [0.1, 0.15) is 5.15 Å². The van der Waals surface area contributed by atoms with E-state index >= 15 is 0 Å². The van der Waals surface area contributed by atoms with Gasteiger partial charge in [0, 0.05) is 17.0 Å². The summed E-state index contributed by atoms with van der Waals surface area (Å²) in [6.45, 7) is 15.6. The number of hydrogen-bond donors (Lipinski definition) is 0. The lowest BCUT2D eigenvalue weighted by atomic mass is 9.79. The normalized spacial score (nSPS) is 14.8. The van der Waals surface area contributed by atoms with Crippen LogP contribution in [0.25, 0.3) is 11.3 Å². The molecule has 0 bridgehead atoms. The van der Waals surface area contributed by atoms with Crippen molar-refractivity contribution in [3.05, 3.63) is 108 Å². The maximum absolute atomic E-state index is 13.4. The summed E-state index contributed by atoms with van der Waals surface area (Å²) in [6.07, 6.45) is 0. The summed E-state index contributed by atoms with van der Waals surface area (Å²) in [4.78, 5) is 8.38. The van der Waals surface area contributed by atoms with E-state index in [1.807, 2.05) is 79.7 Å². The van der Waals surface area contributed by atoms with Crippen LogP contribution in [0.5, 0.6) is 0 Å². The van der Waals surface area contributed by atoms with Crippen LogP contribution < -0.4 is 5.46 Å². The third kappa shape index (κ3) is 9.29. The lowest BCUT2D eigenvalue weighted by Gasteiger charge is -2.32. The van der Waals surface area contributed by atoms with Crippen molar-refractivity contribution < 1.29 is 18.1 Å². The second-order valence-corrected chi connectivity index (χ2v) is 13.4. The van der Waals surface area contributed by atoms with Gasteiger partial charge in [-0.25, -0.2) is 13.8 Å². The molecule has 12 heteroatoms. The third-order valence-electron chi connectivity index (χ3n) is 6.98. The lowest BCUT2D eigenvalue weighted by Crippen LogP contribution is -2.41. The second-order valence-electron chi connectivity index (χ2n) is 11.4. The third-order valence-corrected chi connectivity index (χ3v) is 8.27. The fourth-order valence-corrected chi connectivity index (χ4v) is 5.47. The molecule has 234 valence electrons. The molecule has 5 rings (SSSR count). The Balaban J connectivity index is 0.000000190. The summed E-state index contributed by atoms with van der Waals surface area (Å²) in [5.41, 5.74) is 5.29. The highest BCUT2D eigenvalue weighted by Crippen LogP contribution is 2.37. The summed E-state index contributed by atoms with van der Waals surface area (Å²) < 4.78 is 38.3. The zero-order chi connectivity index (χ0) is 33.1. The van der Waals surface area contributed by atoms with E-state index < -0.39 is 30.0 Å². The molecule has 0 aliphatic carbocycles. The van der Waals surface area contributed by atoms with E-state index in [2.05, 4.69) is 9.97 Å². The highest BCUT2D eigenvalue weighted by molar-refractivity contribution is 6.62. The van der Waals surface area contributed by atoms with E-state index in [1.165, 1.54) is 24.3 Å². The Morgan fingerprint density at radius 1 is 0.591 bits per heavy atom. The Kier molecular flexibility index (Phi) is 12.1. The first-order valence-electron chi connectivity index (χ1n) is 13.5. The minimum atomic E-state index is -0.626. The van der Waals surface area contributed by atoms with Crippen LogP contribution >= 0.6 is 58.0 Å². The van der Waals surface area contributed by atoms with E-state index in [0.717, 1.165) is 28.2 Å². The summed E-state index contributed by atoms with van der Waals surface area (Å²) in [7, 11) is -0.592. The van der Waals surface area contributed by atoms with Crippen molar-refractivity contribution in [1.29, 1.82) is 0 Å². The molecule has 2 aromatic carbocycles. The summed E-state index contributed by atoms with van der Waals surface area (Å²) in [5.74, 6) is -1.22. The summed E-state index contributed by atoms with van der Waals surface area (Å²) in [5, 5.41) is 0.522. The largest absolute Gasteiger partial charge is 0.494 e. The first-order chi connectivity index (χ1) is 20.3. The van der Waals surface area contributed by atoms with Crippen LogP contribution in [0.15, 0.2) is 48.5 Å². The maximum Gasteiger partial charge on any atom is 0.494 e. The van der Waals surface area contributed by atoms with Crippen LogP contribution in [0.1, 0.15) is 50.2 Å². The summed E-state index contributed by atoms with van der Waals surface area (Å²) in [6, 6.07) is 13.7. The van der Waals surface area contributed by atoms with E-state index in [0.29, 0.717) is 16.2 Å².